The highest BCUT2D eigenvalue weighted by Gasteiger charge is 1.96. The summed E-state index contributed by atoms with van der Waals surface area (Å²) in [5.74, 6) is -0.931. The summed E-state index contributed by atoms with van der Waals surface area (Å²) in [5.41, 5.74) is 2.95. The zero-order valence-electron chi connectivity index (χ0n) is 8.24. The Hall–Kier alpha value is -1.77. The van der Waals surface area contributed by atoms with E-state index in [-0.39, 0.29) is 0 Å². The fourth-order valence-corrected chi connectivity index (χ4v) is 1.14. The van der Waals surface area contributed by atoms with E-state index in [1.807, 2.05) is 32.2 Å². The first kappa shape index (κ1) is 10.3. The summed E-state index contributed by atoms with van der Waals surface area (Å²) in [7, 11) is 1.83. The maximum Gasteiger partial charge on any atom is 0.328 e. The highest BCUT2D eigenvalue weighted by atomic mass is 16.4. The van der Waals surface area contributed by atoms with Crippen molar-refractivity contribution >= 4 is 17.7 Å². The van der Waals surface area contributed by atoms with Crippen molar-refractivity contribution in [3.63, 3.8) is 0 Å². The van der Waals surface area contributed by atoms with Crippen molar-refractivity contribution in [2.24, 2.45) is 0 Å². The second-order valence-corrected chi connectivity index (χ2v) is 2.99. The molecule has 1 aromatic rings. The Bertz CT molecular complexity index is 370. The lowest BCUT2D eigenvalue weighted by Gasteiger charge is -2.04. The summed E-state index contributed by atoms with van der Waals surface area (Å²) < 4.78 is 0. The number of anilines is 1. The van der Waals surface area contributed by atoms with Crippen LogP contribution in [0.1, 0.15) is 11.1 Å². The normalized spacial score (nSPS) is 10.4. The molecule has 0 aliphatic carbocycles. The molecule has 0 unspecified atom stereocenters. The lowest BCUT2D eigenvalue weighted by atomic mass is 10.1. The number of carboxylic acid groups (broad SMARTS) is 1. The van der Waals surface area contributed by atoms with Crippen molar-refractivity contribution in [1.82, 2.24) is 0 Å². The number of hydrogen-bond acceptors (Lipinski definition) is 2. The van der Waals surface area contributed by atoms with E-state index in [9.17, 15) is 4.79 Å². The lowest BCUT2D eigenvalue weighted by molar-refractivity contribution is -0.131. The van der Waals surface area contributed by atoms with E-state index in [1.54, 1.807) is 6.08 Å². The smallest absolute Gasteiger partial charge is 0.328 e. The van der Waals surface area contributed by atoms with Crippen LogP contribution in [-0.4, -0.2) is 18.1 Å². The van der Waals surface area contributed by atoms with Crippen molar-refractivity contribution in [2.45, 2.75) is 6.92 Å². The number of carbonyl (C=O) groups is 1. The largest absolute Gasteiger partial charge is 0.478 e. The number of aryl methyl sites for hydroxylation is 1. The van der Waals surface area contributed by atoms with E-state index in [0.29, 0.717) is 0 Å². The van der Waals surface area contributed by atoms with Gasteiger partial charge < -0.3 is 10.4 Å². The molecule has 74 valence electrons. The molecule has 0 saturated carbocycles. The maximum absolute atomic E-state index is 10.3. The first-order valence-electron chi connectivity index (χ1n) is 4.33. The van der Waals surface area contributed by atoms with E-state index in [4.69, 9.17) is 5.11 Å². The minimum absolute atomic E-state index is 0.916. The van der Waals surface area contributed by atoms with Gasteiger partial charge in [-0.15, -0.1) is 0 Å². The van der Waals surface area contributed by atoms with Gasteiger partial charge in [0.05, 0.1) is 0 Å². The van der Waals surface area contributed by atoms with Gasteiger partial charge in [-0.2, -0.15) is 0 Å². The van der Waals surface area contributed by atoms with E-state index in [0.717, 1.165) is 22.9 Å². The molecule has 3 nitrogen and oxygen atoms in total. The van der Waals surface area contributed by atoms with Crippen LogP contribution in [-0.2, 0) is 4.79 Å². The first-order chi connectivity index (χ1) is 6.63. The monoisotopic (exact) mass is 191 g/mol. The summed E-state index contributed by atoms with van der Waals surface area (Å²) in [4.78, 5) is 10.3. The third-order valence-corrected chi connectivity index (χ3v) is 1.97. The third-order valence-electron chi connectivity index (χ3n) is 1.97. The first-order valence-corrected chi connectivity index (χ1v) is 4.33. The molecule has 0 aliphatic heterocycles. The van der Waals surface area contributed by atoms with Gasteiger partial charge in [0.2, 0.25) is 0 Å². The molecule has 3 heteroatoms. The van der Waals surface area contributed by atoms with Crippen LogP contribution in [0.3, 0.4) is 0 Å². The minimum Gasteiger partial charge on any atom is -0.478 e. The Morgan fingerprint density at radius 2 is 2.21 bits per heavy atom. The average Bonchev–Trinajstić information content (AvgIpc) is 2.16. The lowest BCUT2D eigenvalue weighted by Crippen LogP contribution is -1.91. The minimum atomic E-state index is -0.931. The maximum atomic E-state index is 10.3. The van der Waals surface area contributed by atoms with E-state index < -0.39 is 5.97 Å². The van der Waals surface area contributed by atoms with E-state index in [1.165, 1.54) is 0 Å². The summed E-state index contributed by atoms with van der Waals surface area (Å²) >= 11 is 0. The highest BCUT2D eigenvalue weighted by molar-refractivity contribution is 5.85. The molecule has 0 saturated heterocycles. The van der Waals surface area contributed by atoms with Crippen LogP contribution in [0.4, 0.5) is 5.69 Å². The van der Waals surface area contributed by atoms with Gasteiger partial charge >= 0.3 is 5.97 Å². The number of rotatable bonds is 3. The number of benzene rings is 1. The molecule has 0 radical (unpaired) electrons. The van der Waals surface area contributed by atoms with Crippen LogP contribution in [0.25, 0.3) is 6.08 Å². The summed E-state index contributed by atoms with van der Waals surface area (Å²) in [5, 5.41) is 11.5. The zero-order chi connectivity index (χ0) is 10.6. The second kappa shape index (κ2) is 4.46. The second-order valence-electron chi connectivity index (χ2n) is 2.99. The van der Waals surface area contributed by atoms with Crippen LogP contribution in [0.2, 0.25) is 0 Å². The Morgan fingerprint density at radius 1 is 1.50 bits per heavy atom. The van der Waals surface area contributed by atoms with E-state index >= 15 is 0 Å². The number of aliphatic carboxylic acids is 1. The molecule has 0 aromatic heterocycles. The van der Waals surface area contributed by atoms with Crippen molar-refractivity contribution in [3.8, 4) is 0 Å². The van der Waals surface area contributed by atoms with Crippen molar-refractivity contribution < 1.29 is 9.90 Å². The van der Waals surface area contributed by atoms with Crippen LogP contribution >= 0.6 is 0 Å². The van der Waals surface area contributed by atoms with E-state index in [2.05, 4.69) is 5.32 Å². The predicted octanol–water partition coefficient (Wildman–Crippen LogP) is 2.13. The Morgan fingerprint density at radius 3 is 2.79 bits per heavy atom. The fourth-order valence-electron chi connectivity index (χ4n) is 1.14. The molecule has 0 spiro atoms. The van der Waals surface area contributed by atoms with Gasteiger partial charge in [0.1, 0.15) is 0 Å². The topological polar surface area (TPSA) is 49.3 Å². The summed E-state index contributed by atoms with van der Waals surface area (Å²) in [6.45, 7) is 1.95. The molecule has 0 amide bonds. The standard InChI is InChI=1S/C11H13NO2/c1-8-3-5-10(12-2)7-9(8)4-6-11(13)14/h3-7,12H,1-2H3,(H,13,14)/b6-4+. The number of carboxylic acids is 1. The van der Waals surface area contributed by atoms with Gasteiger partial charge in [0.15, 0.2) is 0 Å². The van der Waals surface area contributed by atoms with Crippen LogP contribution in [0.5, 0.6) is 0 Å². The molecule has 14 heavy (non-hydrogen) atoms. The Balaban J connectivity index is 3.00. The summed E-state index contributed by atoms with van der Waals surface area (Å²) in [6.07, 6.45) is 2.74. The predicted molar refractivity (Wildman–Crippen MR) is 57.4 cm³/mol. The van der Waals surface area contributed by atoms with Gasteiger partial charge in [-0.3, -0.25) is 0 Å². The number of hydrogen-bond donors (Lipinski definition) is 2. The fraction of sp³-hybridized carbons (Fsp3) is 0.182. The highest BCUT2D eigenvalue weighted by Crippen LogP contribution is 2.16. The molecule has 0 atom stereocenters. The number of nitrogens with one attached hydrogen (secondary N) is 1. The quantitative estimate of drug-likeness (QED) is 0.719. The molecule has 1 aromatic carbocycles. The van der Waals surface area contributed by atoms with Crippen LogP contribution < -0.4 is 5.32 Å². The SMILES string of the molecule is CNc1ccc(C)c(/C=C/C(=O)O)c1. The summed E-state index contributed by atoms with van der Waals surface area (Å²) in [6, 6.07) is 5.82. The van der Waals surface area contributed by atoms with Crippen molar-refractivity contribution in [2.75, 3.05) is 12.4 Å². The molecular weight excluding hydrogens is 178 g/mol. The van der Waals surface area contributed by atoms with Gasteiger partial charge in [-0.05, 0) is 36.3 Å². The molecule has 0 fully saturated rings. The zero-order valence-corrected chi connectivity index (χ0v) is 8.24. The molecular formula is C11H13NO2. The molecule has 0 heterocycles. The average molecular weight is 191 g/mol. The van der Waals surface area contributed by atoms with Crippen LogP contribution in [0, 0.1) is 6.92 Å². The Labute approximate surface area is 83.1 Å². The van der Waals surface area contributed by atoms with Crippen molar-refractivity contribution in [3.05, 3.63) is 35.4 Å². The molecule has 2 N–H and O–H groups in total. The van der Waals surface area contributed by atoms with Gasteiger partial charge in [-0.25, -0.2) is 4.79 Å². The van der Waals surface area contributed by atoms with Gasteiger partial charge in [0, 0.05) is 18.8 Å². The van der Waals surface area contributed by atoms with Crippen molar-refractivity contribution in [1.29, 1.82) is 0 Å². The van der Waals surface area contributed by atoms with Gasteiger partial charge in [0.25, 0.3) is 0 Å². The Kier molecular flexibility index (Phi) is 3.29. The molecule has 1 rings (SSSR count). The molecule has 0 aliphatic rings. The van der Waals surface area contributed by atoms with Gasteiger partial charge in [-0.1, -0.05) is 6.07 Å². The third kappa shape index (κ3) is 2.62. The van der Waals surface area contributed by atoms with Crippen LogP contribution in [0.15, 0.2) is 24.3 Å². The molecule has 0 bridgehead atoms.